The van der Waals surface area contributed by atoms with E-state index in [4.69, 9.17) is 4.74 Å². The van der Waals surface area contributed by atoms with Gasteiger partial charge in [0.1, 0.15) is 5.82 Å². The van der Waals surface area contributed by atoms with Crippen molar-refractivity contribution in [2.45, 2.75) is 38.1 Å². The first-order valence-corrected chi connectivity index (χ1v) is 10.9. The average Bonchev–Trinajstić information content (AvgIpc) is 2.66. The summed E-state index contributed by atoms with van der Waals surface area (Å²) in [6.07, 6.45) is 0.784. The molecule has 1 aliphatic rings. The molecule has 0 saturated carbocycles. The van der Waals surface area contributed by atoms with Crippen LogP contribution in [-0.2, 0) is 14.8 Å². The number of hydrogen-bond donors (Lipinski definition) is 2. The first kappa shape index (κ1) is 21.4. The molecule has 2 N–H and O–H groups in total. The third-order valence-corrected chi connectivity index (χ3v) is 6.68. The van der Waals surface area contributed by atoms with Gasteiger partial charge in [-0.05, 0) is 67.6 Å². The summed E-state index contributed by atoms with van der Waals surface area (Å²) >= 11 is 0. The molecular weight excluding hydrogens is 395 g/mol. The summed E-state index contributed by atoms with van der Waals surface area (Å²) in [5, 5.41) is 2.69. The van der Waals surface area contributed by atoms with Gasteiger partial charge in [-0.3, -0.25) is 4.79 Å². The minimum Gasteiger partial charge on any atom is -0.380 e. The van der Waals surface area contributed by atoms with Crippen molar-refractivity contribution in [2.24, 2.45) is 5.92 Å². The summed E-state index contributed by atoms with van der Waals surface area (Å²) in [6.45, 7) is 6.26. The molecule has 0 spiro atoms. The number of amides is 1. The molecule has 1 amide bonds. The number of halogens is 1. The molecule has 2 unspecified atom stereocenters. The zero-order valence-electron chi connectivity index (χ0n) is 16.7. The lowest BCUT2D eigenvalue weighted by atomic mass is 9.98. The van der Waals surface area contributed by atoms with Crippen molar-refractivity contribution >= 4 is 21.6 Å². The van der Waals surface area contributed by atoms with Gasteiger partial charge >= 0.3 is 0 Å². The molecule has 29 heavy (non-hydrogen) atoms. The zero-order valence-corrected chi connectivity index (χ0v) is 17.5. The number of carbonyl (C=O) groups is 1. The standard InChI is InChI=1S/C21H25FN2O4S/c1-13-4-6-17(29(26,27)24-20-12-28-9-8-14(20)2)11-18(13)21(25)23-16-5-7-19(22)15(3)10-16/h4-7,10-11,14,20,24H,8-9,12H2,1-3H3,(H,23,25). The monoisotopic (exact) mass is 420 g/mol. The lowest BCUT2D eigenvalue weighted by Gasteiger charge is -2.29. The van der Waals surface area contributed by atoms with Crippen molar-refractivity contribution in [3.05, 3.63) is 58.9 Å². The van der Waals surface area contributed by atoms with Crippen LogP contribution in [0.3, 0.4) is 0 Å². The van der Waals surface area contributed by atoms with Gasteiger partial charge in [-0.2, -0.15) is 0 Å². The van der Waals surface area contributed by atoms with E-state index in [2.05, 4.69) is 10.0 Å². The van der Waals surface area contributed by atoms with Crippen LogP contribution in [0.25, 0.3) is 0 Å². The molecule has 1 saturated heterocycles. The molecule has 2 aromatic carbocycles. The molecule has 1 fully saturated rings. The van der Waals surface area contributed by atoms with Crippen LogP contribution in [0, 0.1) is 25.6 Å². The molecule has 0 aromatic heterocycles. The molecule has 2 atom stereocenters. The highest BCUT2D eigenvalue weighted by Crippen LogP contribution is 2.21. The van der Waals surface area contributed by atoms with Crippen molar-refractivity contribution < 1.29 is 22.3 Å². The number of nitrogens with one attached hydrogen (secondary N) is 2. The molecule has 2 aromatic rings. The number of anilines is 1. The number of carbonyl (C=O) groups excluding carboxylic acids is 1. The van der Waals surface area contributed by atoms with Crippen LogP contribution in [-0.4, -0.2) is 33.6 Å². The number of ether oxygens (including phenoxy) is 1. The van der Waals surface area contributed by atoms with Crippen molar-refractivity contribution in [3.8, 4) is 0 Å². The fraction of sp³-hybridized carbons (Fsp3) is 0.381. The highest BCUT2D eigenvalue weighted by molar-refractivity contribution is 7.89. The summed E-state index contributed by atoms with van der Waals surface area (Å²) in [5.74, 6) is -0.660. The Morgan fingerprint density at radius 1 is 1.14 bits per heavy atom. The van der Waals surface area contributed by atoms with Gasteiger partial charge in [-0.25, -0.2) is 17.5 Å². The minimum absolute atomic E-state index is 0.0151. The largest absolute Gasteiger partial charge is 0.380 e. The topological polar surface area (TPSA) is 84.5 Å². The van der Waals surface area contributed by atoms with Crippen molar-refractivity contribution in [2.75, 3.05) is 18.5 Å². The summed E-state index contributed by atoms with van der Waals surface area (Å²) in [5.41, 5.74) is 1.72. The Kier molecular flexibility index (Phi) is 6.36. The van der Waals surface area contributed by atoms with Gasteiger partial charge in [0.2, 0.25) is 10.0 Å². The third kappa shape index (κ3) is 5.01. The van der Waals surface area contributed by atoms with Gasteiger partial charge in [-0.15, -0.1) is 0 Å². The Labute approximate surface area is 170 Å². The van der Waals surface area contributed by atoms with Crippen LogP contribution in [0.4, 0.5) is 10.1 Å². The Bertz CT molecular complexity index is 1020. The number of benzene rings is 2. The molecule has 8 heteroatoms. The Balaban J connectivity index is 1.83. The SMILES string of the molecule is Cc1cc(NC(=O)c2cc(S(=O)(=O)NC3COCCC3C)ccc2C)ccc1F. The number of hydrogen-bond acceptors (Lipinski definition) is 4. The summed E-state index contributed by atoms with van der Waals surface area (Å²) < 4.78 is 47.2. The van der Waals surface area contributed by atoms with E-state index in [1.54, 1.807) is 19.9 Å². The Morgan fingerprint density at radius 3 is 2.59 bits per heavy atom. The van der Waals surface area contributed by atoms with Gasteiger partial charge < -0.3 is 10.1 Å². The fourth-order valence-corrected chi connectivity index (χ4v) is 4.55. The Morgan fingerprint density at radius 2 is 1.90 bits per heavy atom. The number of rotatable bonds is 5. The molecule has 0 bridgehead atoms. The predicted octanol–water partition coefficient (Wildman–Crippen LogP) is 3.40. The maximum Gasteiger partial charge on any atom is 0.255 e. The second-order valence-electron chi connectivity index (χ2n) is 7.46. The molecule has 0 aliphatic carbocycles. The normalized spacial score (nSPS) is 19.7. The maximum atomic E-state index is 13.4. The fourth-order valence-electron chi connectivity index (χ4n) is 3.20. The molecule has 156 valence electrons. The van der Waals surface area contributed by atoms with E-state index >= 15 is 0 Å². The van der Waals surface area contributed by atoms with E-state index in [-0.39, 0.29) is 28.2 Å². The van der Waals surface area contributed by atoms with Gasteiger partial charge in [0.15, 0.2) is 0 Å². The second kappa shape index (κ2) is 8.61. The summed E-state index contributed by atoms with van der Waals surface area (Å²) in [6, 6.07) is 8.38. The number of aryl methyl sites for hydroxylation is 2. The lowest BCUT2D eigenvalue weighted by Crippen LogP contribution is -2.45. The van der Waals surface area contributed by atoms with Crippen molar-refractivity contribution in [1.29, 1.82) is 0 Å². The predicted molar refractivity (Wildman–Crippen MR) is 109 cm³/mol. The van der Waals surface area contributed by atoms with E-state index < -0.39 is 15.9 Å². The highest BCUT2D eigenvalue weighted by atomic mass is 32.2. The summed E-state index contributed by atoms with van der Waals surface area (Å²) in [7, 11) is -3.81. The van der Waals surface area contributed by atoms with Crippen molar-refractivity contribution in [3.63, 3.8) is 0 Å². The Hall–Kier alpha value is -2.29. The molecule has 6 nitrogen and oxygen atoms in total. The van der Waals surface area contributed by atoms with Crippen LogP contribution in [0.5, 0.6) is 0 Å². The minimum atomic E-state index is -3.81. The molecule has 1 heterocycles. The average molecular weight is 421 g/mol. The van der Waals surface area contributed by atoms with Gasteiger partial charge in [0, 0.05) is 23.9 Å². The molecule has 1 aliphatic heterocycles. The van der Waals surface area contributed by atoms with Crippen LogP contribution in [0.15, 0.2) is 41.3 Å². The first-order chi connectivity index (χ1) is 13.7. The van der Waals surface area contributed by atoms with Crippen molar-refractivity contribution in [1.82, 2.24) is 4.72 Å². The highest BCUT2D eigenvalue weighted by Gasteiger charge is 2.28. The second-order valence-corrected chi connectivity index (χ2v) is 9.18. The van der Waals surface area contributed by atoms with E-state index in [1.165, 1.54) is 30.3 Å². The summed E-state index contributed by atoms with van der Waals surface area (Å²) in [4.78, 5) is 12.7. The maximum absolute atomic E-state index is 13.4. The van der Waals surface area contributed by atoms with Crippen LogP contribution in [0.2, 0.25) is 0 Å². The van der Waals surface area contributed by atoms with E-state index in [0.717, 1.165) is 6.42 Å². The van der Waals surface area contributed by atoms with Gasteiger partial charge in [-0.1, -0.05) is 13.0 Å². The molecule has 0 radical (unpaired) electrons. The van der Waals surface area contributed by atoms with Crippen LogP contribution >= 0.6 is 0 Å². The lowest BCUT2D eigenvalue weighted by molar-refractivity contribution is 0.0491. The van der Waals surface area contributed by atoms with Gasteiger partial charge in [0.25, 0.3) is 5.91 Å². The quantitative estimate of drug-likeness (QED) is 0.777. The smallest absolute Gasteiger partial charge is 0.255 e. The zero-order chi connectivity index (χ0) is 21.2. The van der Waals surface area contributed by atoms with Crippen LogP contribution < -0.4 is 10.0 Å². The van der Waals surface area contributed by atoms with E-state index in [9.17, 15) is 17.6 Å². The van der Waals surface area contributed by atoms with E-state index in [0.29, 0.717) is 30.0 Å². The molecular formula is C21H25FN2O4S. The van der Waals surface area contributed by atoms with Crippen LogP contribution in [0.1, 0.15) is 34.8 Å². The molecule has 3 rings (SSSR count). The first-order valence-electron chi connectivity index (χ1n) is 9.45. The number of sulfonamides is 1. The van der Waals surface area contributed by atoms with Gasteiger partial charge in [0.05, 0.1) is 11.5 Å². The van der Waals surface area contributed by atoms with E-state index in [1.807, 2.05) is 6.92 Å². The third-order valence-electron chi connectivity index (χ3n) is 5.19.